The van der Waals surface area contributed by atoms with Gasteiger partial charge in [-0.15, -0.1) is 11.3 Å². The Balaban J connectivity index is 1.24. The van der Waals surface area contributed by atoms with Crippen LogP contribution in [0.1, 0.15) is 36.2 Å². The lowest BCUT2D eigenvalue weighted by Crippen LogP contribution is -2.35. The second-order valence-corrected chi connectivity index (χ2v) is 9.26. The highest BCUT2D eigenvalue weighted by atomic mass is 32.1. The Morgan fingerprint density at radius 2 is 2.03 bits per heavy atom. The van der Waals surface area contributed by atoms with E-state index in [4.69, 9.17) is 0 Å². The summed E-state index contributed by atoms with van der Waals surface area (Å²) >= 11 is 2.84. The van der Waals surface area contributed by atoms with Gasteiger partial charge in [-0.05, 0) is 29.1 Å². The standard InChI is InChI=1S/C22H19N5O2S2/c28-20(18-2-1-11-30-18)25-22-24-17-7-9-27(13-19(17)31-22)21(29)16-5-3-15(4-6-16)12-26-10-8-23-14-26/h1-6,8,10-11,14H,7,9,12-13H2,(H,24,25,28). The Hall–Kier alpha value is -3.30. The average Bonchev–Trinajstić information content (AvgIpc) is 3.55. The summed E-state index contributed by atoms with van der Waals surface area (Å²) in [6, 6.07) is 11.3. The molecule has 0 fully saturated rings. The topological polar surface area (TPSA) is 80.1 Å². The molecule has 7 nitrogen and oxygen atoms in total. The Morgan fingerprint density at radius 1 is 1.16 bits per heavy atom. The second-order valence-electron chi connectivity index (χ2n) is 7.23. The lowest BCUT2D eigenvalue weighted by molar-refractivity contribution is 0.0736. The number of rotatable bonds is 5. The molecule has 0 atom stereocenters. The van der Waals surface area contributed by atoms with E-state index in [1.54, 1.807) is 18.6 Å². The van der Waals surface area contributed by atoms with Crippen molar-refractivity contribution in [2.45, 2.75) is 19.5 Å². The summed E-state index contributed by atoms with van der Waals surface area (Å²) in [5, 5.41) is 5.33. The lowest BCUT2D eigenvalue weighted by atomic mass is 10.1. The van der Waals surface area contributed by atoms with Gasteiger partial charge in [0.1, 0.15) is 0 Å². The monoisotopic (exact) mass is 449 g/mol. The van der Waals surface area contributed by atoms with Crippen LogP contribution in [0.15, 0.2) is 60.5 Å². The highest BCUT2D eigenvalue weighted by molar-refractivity contribution is 7.16. The molecular formula is C22H19N5O2S2. The zero-order chi connectivity index (χ0) is 21.2. The molecule has 9 heteroatoms. The van der Waals surface area contributed by atoms with E-state index in [1.807, 2.05) is 51.4 Å². The van der Waals surface area contributed by atoms with Crippen molar-refractivity contribution in [1.82, 2.24) is 19.4 Å². The summed E-state index contributed by atoms with van der Waals surface area (Å²) in [4.78, 5) is 37.4. The van der Waals surface area contributed by atoms with Gasteiger partial charge in [-0.3, -0.25) is 14.9 Å². The van der Waals surface area contributed by atoms with Crippen LogP contribution < -0.4 is 5.32 Å². The molecule has 1 aromatic carbocycles. The summed E-state index contributed by atoms with van der Waals surface area (Å²) in [5.74, 6) is -0.137. The minimum Gasteiger partial charge on any atom is -0.333 e. The van der Waals surface area contributed by atoms with Gasteiger partial charge in [-0.25, -0.2) is 9.97 Å². The highest BCUT2D eigenvalue weighted by Crippen LogP contribution is 2.29. The molecule has 0 saturated carbocycles. The number of thiazole rings is 1. The molecule has 4 heterocycles. The summed E-state index contributed by atoms with van der Waals surface area (Å²) in [5.41, 5.74) is 2.75. The first-order valence-corrected chi connectivity index (χ1v) is 11.5. The van der Waals surface area contributed by atoms with Crippen LogP contribution in [0.4, 0.5) is 5.13 Å². The molecule has 0 radical (unpaired) electrons. The van der Waals surface area contributed by atoms with Gasteiger partial charge in [0.05, 0.1) is 23.4 Å². The van der Waals surface area contributed by atoms with E-state index in [9.17, 15) is 9.59 Å². The van der Waals surface area contributed by atoms with E-state index in [-0.39, 0.29) is 11.8 Å². The maximum atomic E-state index is 13.0. The fourth-order valence-electron chi connectivity index (χ4n) is 3.52. The van der Waals surface area contributed by atoms with Gasteiger partial charge in [-0.2, -0.15) is 0 Å². The molecule has 156 valence electrons. The van der Waals surface area contributed by atoms with Gasteiger partial charge in [-0.1, -0.05) is 29.5 Å². The molecule has 5 rings (SSSR count). The third-order valence-electron chi connectivity index (χ3n) is 5.11. The number of hydrogen-bond donors (Lipinski definition) is 1. The van der Waals surface area contributed by atoms with Gasteiger partial charge in [0.25, 0.3) is 11.8 Å². The molecule has 1 aliphatic rings. The quantitative estimate of drug-likeness (QED) is 0.501. The van der Waals surface area contributed by atoms with Gasteiger partial charge >= 0.3 is 0 Å². The predicted molar refractivity (Wildman–Crippen MR) is 121 cm³/mol. The smallest absolute Gasteiger partial charge is 0.267 e. The molecule has 1 aliphatic heterocycles. The zero-order valence-electron chi connectivity index (χ0n) is 16.5. The van der Waals surface area contributed by atoms with Gasteiger partial charge in [0.15, 0.2) is 5.13 Å². The predicted octanol–water partition coefficient (Wildman–Crippen LogP) is 3.90. The second kappa shape index (κ2) is 8.44. The summed E-state index contributed by atoms with van der Waals surface area (Å²) in [6.07, 6.45) is 6.12. The minimum absolute atomic E-state index is 0.0115. The fraction of sp³-hybridized carbons (Fsp3) is 0.182. The number of hydrogen-bond acceptors (Lipinski definition) is 6. The van der Waals surface area contributed by atoms with Crippen LogP contribution in [0.2, 0.25) is 0 Å². The zero-order valence-corrected chi connectivity index (χ0v) is 18.2. The van der Waals surface area contributed by atoms with Crippen molar-refractivity contribution in [3.05, 3.63) is 87.1 Å². The van der Waals surface area contributed by atoms with Crippen molar-refractivity contribution >= 4 is 39.6 Å². The molecule has 0 saturated heterocycles. The van der Waals surface area contributed by atoms with Crippen LogP contribution >= 0.6 is 22.7 Å². The van der Waals surface area contributed by atoms with Crippen molar-refractivity contribution in [3.8, 4) is 0 Å². The van der Waals surface area contributed by atoms with Crippen molar-refractivity contribution in [1.29, 1.82) is 0 Å². The number of amides is 2. The molecule has 31 heavy (non-hydrogen) atoms. The summed E-state index contributed by atoms with van der Waals surface area (Å²) in [7, 11) is 0. The number of anilines is 1. The summed E-state index contributed by atoms with van der Waals surface area (Å²) < 4.78 is 1.99. The van der Waals surface area contributed by atoms with Crippen molar-refractivity contribution < 1.29 is 9.59 Å². The van der Waals surface area contributed by atoms with Crippen molar-refractivity contribution in [2.75, 3.05) is 11.9 Å². The van der Waals surface area contributed by atoms with E-state index in [0.717, 1.165) is 22.7 Å². The van der Waals surface area contributed by atoms with E-state index < -0.39 is 0 Å². The largest absolute Gasteiger partial charge is 0.333 e. The number of benzene rings is 1. The first-order chi connectivity index (χ1) is 15.2. The van der Waals surface area contributed by atoms with Crippen LogP contribution in [0.5, 0.6) is 0 Å². The molecule has 0 unspecified atom stereocenters. The van der Waals surface area contributed by atoms with Gasteiger partial charge in [0, 0.05) is 42.3 Å². The van der Waals surface area contributed by atoms with Crippen molar-refractivity contribution in [3.63, 3.8) is 0 Å². The Morgan fingerprint density at radius 3 is 2.77 bits per heavy atom. The van der Waals surface area contributed by atoms with Crippen LogP contribution in [-0.2, 0) is 19.5 Å². The Bertz CT molecular complexity index is 1200. The SMILES string of the molecule is O=C(Nc1nc2c(s1)CN(C(=O)c1ccc(Cn3ccnc3)cc1)CC2)c1cccs1. The third-order valence-corrected chi connectivity index (χ3v) is 6.98. The van der Waals surface area contributed by atoms with Crippen molar-refractivity contribution in [2.24, 2.45) is 0 Å². The fourth-order valence-corrected chi connectivity index (χ4v) is 5.15. The van der Waals surface area contributed by atoms with Gasteiger partial charge < -0.3 is 9.47 Å². The minimum atomic E-state index is -0.148. The summed E-state index contributed by atoms with van der Waals surface area (Å²) in [6.45, 7) is 1.85. The molecule has 3 aromatic heterocycles. The number of thiophene rings is 1. The van der Waals surface area contributed by atoms with E-state index in [1.165, 1.54) is 22.7 Å². The van der Waals surface area contributed by atoms with E-state index >= 15 is 0 Å². The molecule has 0 aliphatic carbocycles. The Kier molecular flexibility index (Phi) is 5.35. The number of nitrogens with one attached hydrogen (secondary N) is 1. The molecular weight excluding hydrogens is 430 g/mol. The maximum Gasteiger partial charge on any atom is 0.267 e. The number of aromatic nitrogens is 3. The van der Waals surface area contributed by atoms with Crippen LogP contribution in [0, 0.1) is 0 Å². The number of carbonyl (C=O) groups is 2. The lowest BCUT2D eigenvalue weighted by Gasteiger charge is -2.26. The van der Waals surface area contributed by atoms with Crippen LogP contribution in [0.3, 0.4) is 0 Å². The Labute approximate surface area is 187 Å². The molecule has 1 N–H and O–H groups in total. The van der Waals surface area contributed by atoms with Crippen LogP contribution in [0.25, 0.3) is 0 Å². The molecule has 0 spiro atoms. The first kappa shape index (κ1) is 19.7. The molecule has 2 amide bonds. The number of fused-ring (bicyclic) bond motifs is 1. The highest BCUT2D eigenvalue weighted by Gasteiger charge is 2.25. The number of nitrogens with zero attached hydrogens (tertiary/aromatic N) is 4. The normalized spacial score (nSPS) is 13.1. The molecule has 0 bridgehead atoms. The first-order valence-electron chi connectivity index (χ1n) is 9.83. The van der Waals surface area contributed by atoms with Gasteiger partial charge in [0.2, 0.25) is 0 Å². The van der Waals surface area contributed by atoms with E-state index in [2.05, 4.69) is 15.3 Å². The van der Waals surface area contributed by atoms with E-state index in [0.29, 0.717) is 35.1 Å². The number of carbonyl (C=O) groups excluding carboxylic acids is 2. The molecule has 4 aromatic rings. The third kappa shape index (κ3) is 4.28. The average molecular weight is 450 g/mol. The number of imidazole rings is 1. The maximum absolute atomic E-state index is 13.0. The van der Waals surface area contributed by atoms with Crippen LogP contribution in [-0.4, -0.2) is 37.8 Å².